The van der Waals surface area contributed by atoms with E-state index < -0.39 is 17.2 Å². The predicted octanol–water partition coefficient (Wildman–Crippen LogP) is -0.662. The van der Waals surface area contributed by atoms with Gasteiger partial charge in [0.15, 0.2) is 4.60 Å². The molecule has 0 aliphatic rings. The number of hydrogen-bond donors (Lipinski definition) is 1. The maximum absolute atomic E-state index is 11.1. The summed E-state index contributed by atoms with van der Waals surface area (Å²) in [6.07, 6.45) is 2.08. The predicted molar refractivity (Wildman–Crippen MR) is 54.2 cm³/mol. The molecule has 0 unspecified atom stereocenters. The van der Waals surface area contributed by atoms with Crippen LogP contribution in [-0.2, 0) is 9.53 Å². The number of carbonyl (C=O) groups is 1. The zero-order valence-electron chi connectivity index (χ0n) is 7.56. The van der Waals surface area contributed by atoms with Crippen molar-refractivity contribution in [3.8, 4) is 0 Å². The van der Waals surface area contributed by atoms with Crippen LogP contribution in [0.1, 0.15) is 0 Å². The Hall–Kier alpha value is -1.70. The fourth-order valence-electron chi connectivity index (χ4n) is 0.692. The molecule has 1 rings (SSSR count). The summed E-state index contributed by atoms with van der Waals surface area (Å²) in [5, 5.41) is 3.56. The van der Waals surface area contributed by atoms with Crippen LogP contribution < -0.4 is 11.2 Å². The average Bonchev–Trinajstić information content (AvgIpc) is 2.21. The van der Waals surface area contributed by atoms with Gasteiger partial charge >= 0.3 is 11.7 Å². The Morgan fingerprint density at radius 2 is 2.27 bits per heavy atom. The second kappa shape index (κ2) is 4.69. The number of aromatic nitrogens is 3. The van der Waals surface area contributed by atoms with Crippen molar-refractivity contribution in [1.29, 1.82) is 0 Å². The van der Waals surface area contributed by atoms with E-state index in [-0.39, 0.29) is 4.60 Å². The van der Waals surface area contributed by atoms with Crippen molar-refractivity contribution in [2.75, 3.05) is 7.11 Å². The summed E-state index contributed by atoms with van der Waals surface area (Å²) >= 11 is 2.84. The molecule has 0 aromatic carbocycles. The highest BCUT2D eigenvalue weighted by atomic mass is 79.9. The van der Waals surface area contributed by atoms with Crippen LogP contribution in [0.25, 0.3) is 6.20 Å². The second-order valence-corrected chi connectivity index (χ2v) is 3.08. The van der Waals surface area contributed by atoms with Crippen molar-refractivity contribution in [1.82, 2.24) is 14.8 Å². The van der Waals surface area contributed by atoms with Crippen molar-refractivity contribution in [3.05, 3.63) is 31.5 Å². The number of rotatable bonds is 2. The number of esters is 1. The van der Waals surface area contributed by atoms with Crippen molar-refractivity contribution in [3.63, 3.8) is 0 Å². The van der Waals surface area contributed by atoms with E-state index in [1.807, 2.05) is 4.98 Å². The highest BCUT2D eigenvalue weighted by Crippen LogP contribution is 1.92. The summed E-state index contributed by atoms with van der Waals surface area (Å²) in [5.74, 6) is -0.633. The number of methoxy groups -OCH3 is 1. The fraction of sp³-hybridized carbons (Fsp3) is 0.143. The van der Waals surface area contributed by atoms with E-state index in [0.29, 0.717) is 0 Å². The third-order valence-corrected chi connectivity index (χ3v) is 1.88. The van der Waals surface area contributed by atoms with Crippen LogP contribution in [0.4, 0.5) is 0 Å². The summed E-state index contributed by atoms with van der Waals surface area (Å²) in [4.78, 5) is 34.7. The van der Waals surface area contributed by atoms with Crippen LogP contribution >= 0.6 is 15.9 Å². The molecule has 8 heteroatoms. The van der Waals surface area contributed by atoms with Gasteiger partial charge in [0.25, 0.3) is 5.56 Å². The number of nitrogens with zero attached hydrogens (tertiary/aromatic N) is 2. The molecule has 0 atom stereocenters. The molecule has 15 heavy (non-hydrogen) atoms. The smallest absolute Gasteiger partial charge is 0.349 e. The Morgan fingerprint density at radius 3 is 2.87 bits per heavy atom. The molecule has 0 radical (unpaired) electrons. The van der Waals surface area contributed by atoms with E-state index in [2.05, 4.69) is 25.8 Å². The summed E-state index contributed by atoms with van der Waals surface area (Å²) < 4.78 is 5.05. The molecule has 1 aromatic heterocycles. The molecule has 7 nitrogen and oxygen atoms in total. The van der Waals surface area contributed by atoms with Gasteiger partial charge in [0.1, 0.15) is 0 Å². The molecular formula is C7H6BrN3O4. The van der Waals surface area contributed by atoms with Gasteiger partial charge in [-0.15, -0.1) is 0 Å². The lowest BCUT2D eigenvalue weighted by Crippen LogP contribution is -2.30. The lowest BCUT2D eigenvalue weighted by molar-refractivity contribution is -0.134. The van der Waals surface area contributed by atoms with Crippen molar-refractivity contribution < 1.29 is 9.53 Å². The van der Waals surface area contributed by atoms with E-state index in [1.165, 1.54) is 7.11 Å². The Bertz CT molecular complexity index is 516. The topological polar surface area (TPSA) is 94.1 Å². The van der Waals surface area contributed by atoms with E-state index >= 15 is 0 Å². The number of nitrogens with one attached hydrogen (secondary N) is 1. The number of aromatic amines is 1. The molecule has 0 spiro atoms. The third-order valence-electron chi connectivity index (χ3n) is 1.36. The van der Waals surface area contributed by atoms with Gasteiger partial charge in [-0.3, -0.25) is 9.78 Å². The van der Waals surface area contributed by atoms with Crippen molar-refractivity contribution >= 4 is 28.1 Å². The van der Waals surface area contributed by atoms with Gasteiger partial charge in [-0.05, 0) is 15.9 Å². The van der Waals surface area contributed by atoms with Crippen LogP contribution in [0.3, 0.4) is 0 Å². The number of ether oxygens (including phenoxy) is 1. The van der Waals surface area contributed by atoms with E-state index in [1.54, 1.807) is 0 Å². The molecule has 0 bridgehead atoms. The van der Waals surface area contributed by atoms with Gasteiger partial charge in [0, 0.05) is 12.3 Å². The van der Waals surface area contributed by atoms with Crippen LogP contribution in [0.15, 0.2) is 20.3 Å². The second-order valence-electron chi connectivity index (χ2n) is 2.33. The van der Waals surface area contributed by atoms with Crippen LogP contribution in [-0.4, -0.2) is 27.8 Å². The van der Waals surface area contributed by atoms with Gasteiger partial charge < -0.3 is 4.74 Å². The molecule has 1 N–H and O–H groups in total. The first-order valence-electron chi connectivity index (χ1n) is 3.69. The van der Waals surface area contributed by atoms with Crippen LogP contribution in [0, 0.1) is 0 Å². The molecule has 80 valence electrons. The highest BCUT2D eigenvalue weighted by Gasteiger charge is 2.01. The first kappa shape index (κ1) is 11.4. The molecular weight excluding hydrogens is 270 g/mol. The maximum atomic E-state index is 11.1. The minimum atomic E-state index is -0.747. The molecule has 0 aliphatic heterocycles. The SMILES string of the molecule is COC(=O)/C=C\n1nc(Br)c(=O)[nH]c1=O. The van der Waals surface area contributed by atoms with Gasteiger partial charge in [-0.25, -0.2) is 9.59 Å². The summed E-state index contributed by atoms with van der Waals surface area (Å²) in [5.41, 5.74) is -1.38. The van der Waals surface area contributed by atoms with Crippen molar-refractivity contribution in [2.24, 2.45) is 0 Å². The molecule has 0 fully saturated rings. The quantitative estimate of drug-likeness (QED) is 0.571. The number of carbonyl (C=O) groups excluding carboxylic acids is 1. The molecule has 0 aliphatic carbocycles. The minimum absolute atomic E-state index is 0.0587. The zero-order chi connectivity index (χ0) is 11.4. The lowest BCUT2D eigenvalue weighted by atomic mass is 10.6. The fourth-order valence-corrected chi connectivity index (χ4v) is 0.962. The maximum Gasteiger partial charge on any atom is 0.349 e. The normalized spacial score (nSPS) is 10.5. The Balaban J connectivity index is 3.12. The first-order valence-corrected chi connectivity index (χ1v) is 4.48. The average molecular weight is 276 g/mol. The van der Waals surface area contributed by atoms with E-state index in [4.69, 9.17) is 0 Å². The van der Waals surface area contributed by atoms with Gasteiger partial charge in [0.2, 0.25) is 0 Å². The standard InChI is InChI=1S/C7H6BrN3O4/c1-15-4(12)2-3-11-7(14)9-6(13)5(8)10-11/h2-3H,1H3,(H,9,13,14)/b3-2-. The largest absolute Gasteiger partial charge is 0.466 e. The number of hydrogen-bond acceptors (Lipinski definition) is 5. The summed E-state index contributed by atoms with van der Waals surface area (Å²) in [6, 6.07) is 0. The molecule has 0 amide bonds. The van der Waals surface area contributed by atoms with Crippen LogP contribution in [0.5, 0.6) is 0 Å². The summed E-state index contributed by atoms with van der Waals surface area (Å²) in [7, 11) is 1.20. The van der Waals surface area contributed by atoms with Gasteiger partial charge in [-0.1, -0.05) is 0 Å². The Labute approximate surface area is 91.5 Å². The van der Waals surface area contributed by atoms with Crippen LogP contribution in [0.2, 0.25) is 0 Å². The highest BCUT2D eigenvalue weighted by molar-refractivity contribution is 9.10. The van der Waals surface area contributed by atoms with E-state index in [9.17, 15) is 14.4 Å². The van der Waals surface area contributed by atoms with Crippen molar-refractivity contribution in [2.45, 2.75) is 0 Å². The molecule has 1 aromatic rings. The summed E-state index contributed by atoms with van der Waals surface area (Å²) in [6.45, 7) is 0. The number of halogens is 1. The Kier molecular flexibility index (Phi) is 3.56. The zero-order valence-corrected chi connectivity index (χ0v) is 9.15. The van der Waals surface area contributed by atoms with Gasteiger partial charge in [0.05, 0.1) is 7.11 Å². The lowest BCUT2D eigenvalue weighted by Gasteiger charge is -1.95. The van der Waals surface area contributed by atoms with Gasteiger partial charge in [-0.2, -0.15) is 9.78 Å². The minimum Gasteiger partial charge on any atom is -0.466 e. The number of H-pyrrole nitrogens is 1. The first-order chi connectivity index (χ1) is 7.04. The molecule has 0 saturated carbocycles. The monoisotopic (exact) mass is 275 g/mol. The Morgan fingerprint density at radius 1 is 1.60 bits per heavy atom. The van der Waals surface area contributed by atoms with E-state index in [0.717, 1.165) is 17.0 Å². The molecule has 1 heterocycles. The molecule has 0 saturated heterocycles. The third kappa shape index (κ3) is 2.88.